The number of anilines is 1. The fourth-order valence-corrected chi connectivity index (χ4v) is 2.86. The standard InChI is InChI=1S/C12H15N3O3S/c1-7(16)6-14(3)10-4-9-12(19-8(2)13-9)5-11(10)15(17)18/h4-5,7,16H,6H2,1-3H3. The van der Waals surface area contributed by atoms with Crippen molar-refractivity contribution in [2.75, 3.05) is 18.5 Å². The molecular weight excluding hydrogens is 266 g/mol. The van der Waals surface area contributed by atoms with Crippen LogP contribution in [0, 0.1) is 17.0 Å². The smallest absolute Gasteiger partial charge is 0.294 e. The van der Waals surface area contributed by atoms with Crippen molar-refractivity contribution in [2.24, 2.45) is 0 Å². The van der Waals surface area contributed by atoms with E-state index in [1.807, 2.05) is 6.92 Å². The number of aliphatic hydroxyl groups excluding tert-OH is 1. The lowest BCUT2D eigenvalue weighted by atomic mass is 10.2. The third-order valence-electron chi connectivity index (χ3n) is 2.74. The maximum absolute atomic E-state index is 11.2. The Bertz CT molecular complexity index is 624. The maximum Gasteiger partial charge on any atom is 0.294 e. The van der Waals surface area contributed by atoms with Gasteiger partial charge in [0.1, 0.15) is 5.69 Å². The van der Waals surface area contributed by atoms with Gasteiger partial charge in [0, 0.05) is 19.7 Å². The summed E-state index contributed by atoms with van der Waals surface area (Å²) in [7, 11) is 1.72. The lowest BCUT2D eigenvalue weighted by Gasteiger charge is -2.20. The molecule has 1 aromatic carbocycles. The predicted octanol–water partition coefficient (Wildman–Crippen LogP) is 2.33. The first kappa shape index (κ1) is 13.7. The van der Waals surface area contributed by atoms with E-state index in [0.29, 0.717) is 12.2 Å². The lowest BCUT2D eigenvalue weighted by Crippen LogP contribution is -2.27. The SMILES string of the molecule is Cc1nc2cc(N(C)CC(C)O)c([N+](=O)[O-])cc2s1. The minimum absolute atomic E-state index is 0.0410. The van der Waals surface area contributed by atoms with Gasteiger partial charge in [-0.15, -0.1) is 11.3 Å². The number of hydrogen-bond donors (Lipinski definition) is 1. The first-order chi connectivity index (χ1) is 8.88. The van der Waals surface area contributed by atoms with E-state index in [1.54, 1.807) is 31.0 Å². The molecule has 19 heavy (non-hydrogen) atoms. The summed E-state index contributed by atoms with van der Waals surface area (Å²) in [5.74, 6) is 0. The zero-order valence-corrected chi connectivity index (χ0v) is 11.8. The van der Waals surface area contributed by atoms with Crippen LogP contribution in [0.25, 0.3) is 10.2 Å². The highest BCUT2D eigenvalue weighted by atomic mass is 32.1. The van der Waals surface area contributed by atoms with Gasteiger partial charge in [0.15, 0.2) is 0 Å². The highest BCUT2D eigenvalue weighted by molar-refractivity contribution is 7.18. The van der Waals surface area contributed by atoms with Gasteiger partial charge < -0.3 is 10.0 Å². The minimum Gasteiger partial charge on any atom is -0.392 e. The largest absolute Gasteiger partial charge is 0.392 e. The van der Waals surface area contributed by atoms with Crippen molar-refractivity contribution in [3.8, 4) is 0 Å². The van der Waals surface area contributed by atoms with Crippen LogP contribution in [0.3, 0.4) is 0 Å². The lowest BCUT2D eigenvalue weighted by molar-refractivity contribution is -0.384. The average molecular weight is 281 g/mol. The van der Waals surface area contributed by atoms with Gasteiger partial charge in [-0.25, -0.2) is 4.98 Å². The van der Waals surface area contributed by atoms with Gasteiger partial charge in [0.05, 0.1) is 26.3 Å². The maximum atomic E-state index is 11.2. The van der Waals surface area contributed by atoms with E-state index in [0.717, 1.165) is 15.2 Å². The molecule has 0 saturated heterocycles. The Morgan fingerprint density at radius 2 is 2.26 bits per heavy atom. The summed E-state index contributed by atoms with van der Waals surface area (Å²) in [6, 6.07) is 3.26. The number of thiazole rings is 1. The molecule has 0 amide bonds. The third-order valence-corrected chi connectivity index (χ3v) is 3.67. The molecule has 0 spiro atoms. The predicted molar refractivity (Wildman–Crippen MR) is 76.0 cm³/mol. The van der Waals surface area contributed by atoms with Crippen LogP contribution in [0.1, 0.15) is 11.9 Å². The molecule has 0 fully saturated rings. The molecule has 7 heteroatoms. The number of nitrogens with zero attached hydrogens (tertiary/aromatic N) is 3. The monoisotopic (exact) mass is 281 g/mol. The molecule has 102 valence electrons. The molecule has 1 aromatic heterocycles. The number of aryl methyl sites for hydroxylation is 1. The fourth-order valence-electron chi connectivity index (χ4n) is 2.01. The van der Waals surface area contributed by atoms with E-state index in [1.165, 1.54) is 11.3 Å². The number of rotatable bonds is 4. The minimum atomic E-state index is -0.558. The van der Waals surface area contributed by atoms with Crippen molar-refractivity contribution in [2.45, 2.75) is 20.0 Å². The number of fused-ring (bicyclic) bond motifs is 1. The third kappa shape index (κ3) is 2.82. The molecule has 0 aliphatic carbocycles. The van der Waals surface area contributed by atoms with E-state index in [9.17, 15) is 15.2 Å². The van der Waals surface area contributed by atoms with E-state index < -0.39 is 11.0 Å². The van der Waals surface area contributed by atoms with Gasteiger partial charge in [0.25, 0.3) is 5.69 Å². The van der Waals surface area contributed by atoms with Crippen LogP contribution in [0.15, 0.2) is 12.1 Å². The number of likely N-dealkylation sites (N-methyl/N-ethyl adjacent to an activating group) is 1. The Morgan fingerprint density at radius 1 is 1.58 bits per heavy atom. The summed E-state index contributed by atoms with van der Waals surface area (Å²) in [4.78, 5) is 16.8. The molecule has 0 saturated carbocycles. The van der Waals surface area contributed by atoms with Gasteiger partial charge in [-0.1, -0.05) is 0 Å². The van der Waals surface area contributed by atoms with Crippen LogP contribution in [0.2, 0.25) is 0 Å². The Hall–Kier alpha value is -1.73. The summed E-state index contributed by atoms with van der Waals surface area (Å²) < 4.78 is 0.804. The molecule has 1 heterocycles. The summed E-state index contributed by atoms with van der Waals surface area (Å²) >= 11 is 1.43. The molecule has 0 aliphatic rings. The Balaban J connectivity index is 2.55. The van der Waals surface area contributed by atoms with Crippen LogP contribution < -0.4 is 4.90 Å². The number of benzene rings is 1. The van der Waals surface area contributed by atoms with Crippen LogP contribution in [0.5, 0.6) is 0 Å². The summed E-state index contributed by atoms with van der Waals surface area (Å²) in [5.41, 5.74) is 1.27. The fraction of sp³-hybridized carbons (Fsp3) is 0.417. The first-order valence-electron chi connectivity index (χ1n) is 5.83. The molecule has 1 unspecified atom stereocenters. The highest BCUT2D eigenvalue weighted by Crippen LogP contribution is 2.34. The quantitative estimate of drug-likeness (QED) is 0.687. The summed E-state index contributed by atoms with van der Waals surface area (Å²) in [6.45, 7) is 3.85. The number of aromatic nitrogens is 1. The van der Waals surface area contributed by atoms with Crippen molar-refractivity contribution in [3.63, 3.8) is 0 Å². The molecule has 1 atom stereocenters. The molecule has 1 N–H and O–H groups in total. The normalized spacial score (nSPS) is 12.6. The molecule has 0 bridgehead atoms. The number of hydrogen-bond acceptors (Lipinski definition) is 6. The average Bonchev–Trinajstić information content (AvgIpc) is 2.65. The van der Waals surface area contributed by atoms with E-state index in [-0.39, 0.29) is 5.69 Å². The highest BCUT2D eigenvalue weighted by Gasteiger charge is 2.20. The van der Waals surface area contributed by atoms with Crippen molar-refractivity contribution < 1.29 is 10.0 Å². The van der Waals surface area contributed by atoms with Crippen LogP contribution in [-0.4, -0.2) is 34.7 Å². The van der Waals surface area contributed by atoms with Gasteiger partial charge in [-0.2, -0.15) is 0 Å². The Morgan fingerprint density at radius 3 is 2.84 bits per heavy atom. The number of nitro benzene ring substituents is 1. The van der Waals surface area contributed by atoms with E-state index in [4.69, 9.17) is 0 Å². The zero-order chi connectivity index (χ0) is 14.2. The van der Waals surface area contributed by atoms with Crippen LogP contribution in [-0.2, 0) is 0 Å². The second kappa shape index (κ2) is 5.10. The number of nitro groups is 1. The Labute approximate surface area is 114 Å². The van der Waals surface area contributed by atoms with E-state index in [2.05, 4.69) is 4.98 Å². The van der Waals surface area contributed by atoms with E-state index >= 15 is 0 Å². The zero-order valence-electron chi connectivity index (χ0n) is 11.0. The second-order valence-electron chi connectivity index (χ2n) is 4.53. The van der Waals surface area contributed by atoms with Crippen LogP contribution in [0.4, 0.5) is 11.4 Å². The molecule has 0 radical (unpaired) electrons. The molecule has 2 aromatic rings. The van der Waals surface area contributed by atoms with Gasteiger partial charge in [0.2, 0.25) is 0 Å². The Kier molecular flexibility index (Phi) is 3.68. The molecule has 6 nitrogen and oxygen atoms in total. The van der Waals surface area contributed by atoms with Crippen LogP contribution >= 0.6 is 11.3 Å². The van der Waals surface area contributed by atoms with Crippen molar-refractivity contribution in [1.29, 1.82) is 0 Å². The van der Waals surface area contributed by atoms with Gasteiger partial charge in [-0.05, 0) is 19.9 Å². The second-order valence-corrected chi connectivity index (χ2v) is 5.76. The summed E-state index contributed by atoms with van der Waals surface area (Å²) in [5, 5.41) is 21.4. The van der Waals surface area contributed by atoms with Gasteiger partial charge in [-0.3, -0.25) is 10.1 Å². The molecular formula is C12H15N3O3S. The van der Waals surface area contributed by atoms with Crippen molar-refractivity contribution in [3.05, 3.63) is 27.3 Å². The molecule has 0 aliphatic heterocycles. The van der Waals surface area contributed by atoms with Crippen molar-refractivity contribution in [1.82, 2.24) is 4.98 Å². The topological polar surface area (TPSA) is 79.5 Å². The molecule has 2 rings (SSSR count). The number of aliphatic hydroxyl groups is 1. The van der Waals surface area contributed by atoms with Gasteiger partial charge >= 0.3 is 0 Å². The van der Waals surface area contributed by atoms with Crippen molar-refractivity contribution >= 4 is 32.9 Å². The first-order valence-corrected chi connectivity index (χ1v) is 6.65. The summed E-state index contributed by atoms with van der Waals surface area (Å²) in [6.07, 6.45) is -0.558.